The summed E-state index contributed by atoms with van der Waals surface area (Å²) in [5.74, 6) is 0. The third-order valence-electron chi connectivity index (χ3n) is 2.78. The lowest BCUT2D eigenvalue weighted by molar-refractivity contribution is -0.291. The average molecular weight is 230 g/mol. The first-order chi connectivity index (χ1) is 7.91. The molecule has 0 rings (SSSR count). The molecule has 98 valence electrons. The summed E-state index contributed by atoms with van der Waals surface area (Å²) in [7, 11) is 0. The topological polar surface area (TPSA) is 18.5 Å². The van der Waals surface area contributed by atoms with Crippen molar-refractivity contribution < 1.29 is 9.78 Å². The maximum absolute atomic E-state index is 4.95. The fraction of sp³-hybridized carbons (Fsp3) is 1.00. The molecule has 0 fully saturated rings. The third-order valence-corrected chi connectivity index (χ3v) is 2.78. The van der Waals surface area contributed by atoms with Gasteiger partial charge in [0.05, 0.1) is 13.2 Å². The monoisotopic (exact) mass is 230 g/mol. The first-order valence-electron chi connectivity index (χ1n) is 7.16. The van der Waals surface area contributed by atoms with Gasteiger partial charge >= 0.3 is 0 Å². The molecule has 0 saturated carbocycles. The smallest absolute Gasteiger partial charge is 0.0822 e. The Hall–Kier alpha value is -0.0800. The van der Waals surface area contributed by atoms with Crippen LogP contribution >= 0.6 is 0 Å². The van der Waals surface area contributed by atoms with Crippen molar-refractivity contribution in [2.75, 3.05) is 13.2 Å². The molecule has 2 heteroatoms. The van der Waals surface area contributed by atoms with Crippen LogP contribution in [0.15, 0.2) is 0 Å². The molecule has 0 aliphatic heterocycles. The zero-order chi connectivity index (χ0) is 11.9. The molecule has 0 N–H and O–H groups in total. The minimum Gasteiger partial charge on any atom is -0.237 e. The maximum atomic E-state index is 4.95. The van der Waals surface area contributed by atoms with Crippen molar-refractivity contribution in [3.63, 3.8) is 0 Å². The van der Waals surface area contributed by atoms with Gasteiger partial charge in [-0.25, -0.2) is 9.78 Å². The predicted molar refractivity (Wildman–Crippen MR) is 69.4 cm³/mol. The van der Waals surface area contributed by atoms with Gasteiger partial charge in [-0.15, -0.1) is 0 Å². The molecular weight excluding hydrogens is 200 g/mol. The fourth-order valence-electron chi connectivity index (χ4n) is 1.79. The van der Waals surface area contributed by atoms with Crippen molar-refractivity contribution in [3.05, 3.63) is 0 Å². The minimum absolute atomic E-state index is 0.651. The van der Waals surface area contributed by atoms with Crippen LogP contribution in [0.2, 0.25) is 0 Å². The van der Waals surface area contributed by atoms with Crippen molar-refractivity contribution in [2.24, 2.45) is 0 Å². The van der Waals surface area contributed by atoms with Gasteiger partial charge in [0.15, 0.2) is 0 Å². The lowest BCUT2D eigenvalue weighted by Gasteiger charge is -2.02. The highest BCUT2D eigenvalue weighted by atomic mass is 17.2. The molecule has 2 nitrogen and oxygen atoms in total. The van der Waals surface area contributed by atoms with Crippen molar-refractivity contribution >= 4 is 0 Å². The molecule has 0 radical (unpaired) electrons. The van der Waals surface area contributed by atoms with Gasteiger partial charge < -0.3 is 0 Å². The molecule has 0 saturated heterocycles. The van der Waals surface area contributed by atoms with Crippen LogP contribution in [0.5, 0.6) is 0 Å². The Balaban J connectivity index is 2.83. The van der Waals surface area contributed by atoms with Gasteiger partial charge in [0.2, 0.25) is 0 Å². The second-order valence-corrected chi connectivity index (χ2v) is 4.41. The maximum Gasteiger partial charge on any atom is 0.0822 e. The van der Waals surface area contributed by atoms with Crippen LogP contribution < -0.4 is 0 Å². The van der Waals surface area contributed by atoms with Crippen molar-refractivity contribution in [1.29, 1.82) is 0 Å². The van der Waals surface area contributed by atoms with Gasteiger partial charge in [0.1, 0.15) is 0 Å². The molecule has 16 heavy (non-hydrogen) atoms. The van der Waals surface area contributed by atoms with E-state index in [1.54, 1.807) is 0 Å². The summed E-state index contributed by atoms with van der Waals surface area (Å²) in [5, 5.41) is 0. The molecule has 0 spiro atoms. The molecule has 0 aromatic rings. The Kier molecular flexibility index (Phi) is 14.8. The molecule has 0 heterocycles. The third kappa shape index (κ3) is 13.9. The minimum atomic E-state index is 0.651. The van der Waals surface area contributed by atoms with E-state index in [0.717, 1.165) is 13.0 Å². The van der Waals surface area contributed by atoms with E-state index in [2.05, 4.69) is 6.92 Å². The van der Waals surface area contributed by atoms with Crippen LogP contribution in [-0.2, 0) is 9.78 Å². The van der Waals surface area contributed by atoms with E-state index >= 15 is 0 Å². The highest BCUT2D eigenvalue weighted by Crippen LogP contribution is 2.10. The Labute approximate surface area is 102 Å². The van der Waals surface area contributed by atoms with Gasteiger partial charge in [-0.05, 0) is 13.3 Å². The van der Waals surface area contributed by atoms with Gasteiger partial charge in [0.25, 0.3) is 0 Å². The van der Waals surface area contributed by atoms with Gasteiger partial charge in [-0.2, -0.15) is 0 Å². The zero-order valence-corrected chi connectivity index (χ0v) is 11.3. The highest BCUT2D eigenvalue weighted by Gasteiger charge is 1.93. The number of hydrogen-bond acceptors (Lipinski definition) is 2. The van der Waals surface area contributed by atoms with Crippen molar-refractivity contribution in [2.45, 2.75) is 78.1 Å². The summed E-state index contributed by atoms with van der Waals surface area (Å²) in [6.07, 6.45) is 13.6. The van der Waals surface area contributed by atoms with E-state index < -0.39 is 0 Å². The average Bonchev–Trinajstić information content (AvgIpc) is 2.31. The van der Waals surface area contributed by atoms with Crippen LogP contribution in [0.25, 0.3) is 0 Å². The first-order valence-corrected chi connectivity index (χ1v) is 7.16. The number of rotatable bonds is 13. The van der Waals surface area contributed by atoms with E-state index in [0.29, 0.717) is 6.61 Å². The molecular formula is C14H30O2. The number of hydrogen-bond donors (Lipinski definition) is 0. The van der Waals surface area contributed by atoms with Gasteiger partial charge in [-0.1, -0.05) is 64.7 Å². The molecule has 0 aromatic heterocycles. The summed E-state index contributed by atoms with van der Waals surface area (Å²) in [6.45, 7) is 5.62. The molecule has 0 aliphatic rings. The van der Waals surface area contributed by atoms with Gasteiger partial charge in [0, 0.05) is 0 Å². The lowest BCUT2D eigenvalue weighted by atomic mass is 10.1. The van der Waals surface area contributed by atoms with E-state index in [9.17, 15) is 0 Å². The van der Waals surface area contributed by atoms with E-state index in [-0.39, 0.29) is 0 Å². The summed E-state index contributed by atoms with van der Waals surface area (Å²) < 4.78 is 0. The molecule has 0 aromatic carbocycles. The SMILES string of the molecule is CCCCCCCCCCCCOOCC. The Morgan fingerprint density at radius 1 is 0.562 bits per heavy atom. The summed E-state index contributed by atoms with van der Waals surface area (Å²) in [4.78, 5) is 9.77. The largest absolute Gasteiger partial charge is 0.237 e. The summed E-state index contributed by atoms with van der Waals surface area (Å²) in [5.41, 5.74) is 0. The van der Waals surface area contributed by atoms with Crippen LogP contribution in [0.3, 0.4) is 0 Å². The van der Waals surface area contributed by atoms with Crippen LogP contribution in [0.1, 0.15) is 78.1 Å². The molecule has 0 bridgehead atoms. The standard InChI is InChI=1S/C14H30O2/c1-3-5-6-7-8-9-10-11-12-13-14-16-15-4-2/h3-14H2,1-2H3. The number of unbranched alkanes of at least 4 members (excludes halogenated alkanes) is 9. The van der Waals surface area contributed by atoms with E-state index in [1.807, 2.05) is 6.92 Å². The second-order valence-electron chi connectivity index (χ2n) is 4.41. The predicted octanol–water partition coefficient (Wildman–Crippen LogP) is 4.88. The molecule has 0 aliphatic carbocycles. The fourth-order valence-corrected chi connectivity index (χ4v) is 1.79. The Bertz CT molecular complexity index is 101. The quantitative estimate of drug-likeness (QED) is 0.255. The molecule has 0 atom stereocenters. The van der Waals surface area contributed by atoms with E-state index in [1.165, 1.54) is 57.8 Å². The molecule has 0 amide bonds. The normalized spacial score (nSPS) is 10.9. The van der Waals surface area contributed by atoms with Gasteiger partial charge in [-0.3, -0.25) is 0 Å². The lowest BCUT2D eigenvalue weighted by Crippen LogP contribution is -1.95. The Morgan fingerprint density at radius 2 is 1.06 bits per heavy atom. The Morgan fingerprint density at radius 3 is 1.56 bits per heavy atom. The highest BCUT2D eigenvalue weighted by molar-refractivity contribution is 4.46. The van der Waals surface area contributed by atoms with E-state index in [4.69, 9.17) is 9.78 Å². The second kappa shape index (κ2) is 14.9. The summed E-state index contributed by atoms with van der Waals surface area (Å²) >= 11 is 0. The van der Waals surface area contributed by atoms with Crippen molar-refractivity contribution in [3.8, 4) is 0 Å². The first kappa shape index (κ1) is 15.9. The molecule has 0 unspecified atom stereocenters. The van der Waals surface area contributed by atoms with Crippen LogP contribution in [0, 0.1) is 0 Å². The van der Waals surface area contributed by atoms with Crippen LogP contribution in [0.4, 0.5) is 0 Å². The van der Waals surface area contributed by atoms with Crippen molar-refractivity contribution in [1.82, 2.24) is 0 Å². The van der Waals surface area contributed by atoms with Crippen LogP contribution in [-0.4, -0.2) is 13.2 Å². The zero-order valence-electron chi connectivity index (χ0n) is 11.3. The summed E-state index contributed by atoms with van der Waals surface area (Å²) in [6, 6.07) is 0.